The SMILES string of the molecule is C=NC(C(=N)N)=C1NN=C(NC(=O)[C@@H]2CCCCN2)O1. The van der Waals surface area contributed by atoms with Gasteiger partial charge in [-0.05, 0) is 26.1 Å². The van der Waals surface area contributed by atoms with Gasteiger partial charge in [0.15, 0.2) is 5.70 Å². The van der Waals surface area contributed by atoms with Crippen LogP contribution in [0.4, 0.5) is 0 Å². The highest BCUT2D eigenvalue weighted by molar-refractivity contribution is 5.99. The highest BCUT2D eigenvalue weighted by atomic mass is 16.5. The van der Waals surface area contributed by atoms with E-state index in [9.17, 15) is 4.79 Å². The Morgan fingerprint density at radius 3 is 3.00 bits per heavy atom. The minimum absolute atomic E-state index is 0.000210. The summed E-state index contributed by atoms with van der Waals surface area (Å²) in [4.78, 5) is 15.5. The van der Waals surface area contributed by atoms with Gasteiger partial charge in [0.1, 0.15) is 5.84 Å². The number of aliphatic imine (C=N–C) groups is 1. The van der Waals surface area contributed by atoms with Crippen LogP contribution in [-0.4, -0.2) is 37.1 Å². The van der Waals surface area contributed by atoms with Crippen LogP contribution in [0, 0.1) is 5.41 Å². The average Bonchev–Trinajstić information content (AvgIpc) is 2.88. The number of hydrogen-bond acceptors (Lipinski definition) is 7. The molecule has 0 unspecified atom stereocenters. The smallest absolute Gasteiger partial charge is 0.320 e. The van der Waals surface area contributed by atoms with Crippen LogP contribution in [0.1, 0.15) is 19.3 Å². The zero-order chi connectivity index (χ0) is 14.5. The van der Waals surface area contributed by atoms with Gasteiger partial charge in [0.05, 0.1) is 6.04 Å². The van der Waals surface area contributed by atoms with Crippen molar-refractivity contribution in [3.63, 3.8) is 0 Å². The van der Waals surface area contributed by atoms with Crippen LogP contribution in [0.3, 0.4) is 0 Å². The second kappa shape index (κ2) is 6.15. The van der Waals surface area contributed by atoms with E-state index >= 15 is 0 Å². The number of carbonyl (C=O) groups is 1. The molecule has 2 aliphatic heterocycles. The molecule has 1 fully saturated rings. The quantitative estimate of drug-likeness (QED) is 0.331. The average molecular weight is 279 g/mol. The maximum Gasteiger partial charge on any atom is 0.320 e. The Balaban J connectivity index is 1.94. The standard InChI is InChI=1S/C11H17N7O2/c1-14-7(8(12)13)10-17-18-11(20-10)16-9(19)6-4-2-3-5-15-6/h6,15,17H,1-5H2,(H3,12,13)(H,16,18,19)/t6-/m0/s1. The molecule has 0 aromatic rings. The van der Waals surface area contributed by atoms with Crippen molar-refractivity contribution < 1.29 is 9.53 Å². The molecule has 0 aromatic heterocycles. The molecule has 9 heteroatoms. The third kappa shape index (κ3) is 3.12. The lowest BCUT2D eigenvalue weighted by atomic mass is 10.0. The predicted molar refractivity (Wildman–Crippen MR) is 73.9 cm³/mol. The van der Waals surface area contributed by atoms with Gasteiger partial charge in [-0.2, -0.15) is 0 Å². The first-order chi connectivity index (χ1) is 9.61. The van der Waals surface area contributed by atoms with Crippen molar-refractivity contribution in [3.05, 3.63) is 11.6 Å². The van der Waals surface area contributed by atoms with E-state index in [1.807, 2.05) is 0 Å². The number of rotatable bonds is 3. The fourth-order valence-electron chi connectivity index (χ4n) is 1.95. The highest BCUT2D eigenvalue weighted by Crippen LogP contribution is 2.10. The number of nitrogens with two attached hydrogens (primary N) is 1. The van der Waals surface area contributed by atoms with Crippen molar-refractivity contribution >= 4 is 24.5 Å². The molecule has 108 valence electrons. The summed E-state index contributed by atoms with van der Waals surface area (Å²) in [5.74, 6) is -0.443. The van der Waals surface area contributed by atoms with Crippen molar-refractivity contribution in [2.24, 2.45) is 15.8 Å². The first-order valence-electron chi connectivity index (χ1n) is 6.23. The first-order valence-corrected chi connectivity index (χ1v) is 6.23. The van der Waals surface area contributed by atoms with E-state index in [-0.39, 0.29) is 35.4 Å². The number of nitrogens with one attached hydrogen (secondary N) is 4. The molecule has 0 spiro atoms. The number of piperidine rings is 1. The Bertz CT molecular complexity index is 491. The number of ether oxygens (including phenoxy) is 1. The Kier molecular flexibility index (Phi) is 4.31. The molecule has 2 rings (SSSR count). The van der Waals surface area contributed by atoms with Crippen LogP contribution in [0.15, 0.2) is 21.7 Å². The van der Waals surface area contributed by atoms with E-state index in [1.165, 1.54) is 0 Å². The van der Waals surface area contributed by atoms with Gasteiger partial charge in [-0.1, -0.05) is 6.42 Å². The number of amidine groups is 2. The zero-order valence-electron chi connectivity index (χ0n) is 10.9. The predicted octanol–water partition coefficient (Wildman–Crippen LogP) is -1.06. The van der Waals surface area contributed by atoms with E-state index in [0.29, 0.717) is 0 Å². The molecule has 0 bridgehead atoms. The van der Waals surface area contributed by atoms with Crippen LogP contribution in [0.2, 0.25) is 0 Å². The lowest BCUT2D eigenvalue weighted by molar-refractivity contribution is -0.122. The third-order valence-electron chi connectivity index (χ3n) is 2.94. The van der Waals surface area contributed by atoms with Crippen LogP contribution >= 0.6 is 0 Å². The summed E-state index contributed by atoms with van der Waals surface area (Å²) in [6, 6.07) is -0.243. The van der Waals surface area contributed by atoms with Crippen molar-refractivity contribution in [2.75, 3.05) is 6.54 Å². The lowest BCUT2D eigenvalue weighted by Crippen LogP contribution is -2.48. The molecule has 0 radical (unpaired) electrons. The van der Waals surface area contributed by atoms with E-state index in [2.05, 4.69) is 32.9 Å². The van der Waals surface area contributed by atoms with Gasteiger partial charge in [0, 0.05) is 0 Å². The number of hydrazone groups is 1. The maximum absolute atomic E-state index is 12.0. The minimum Gasteiger partial charge on any atom is -0.403 e. The summed E-state index contributed by atoms with van der Waals surface area (Å²) in [6.07, 6.45) is 2.86. The summed E-state index contributed by atoms with van der Waals surface area (Å²) in [7, 11) is 0. The fraction of sp³-hybridized carbons (Fsp3) is 0.455. The monoisotopic (exact) mass is 279 g/mol. The molecule has 1 atom stereocenters. The number of carbonyl (C=O) groups excluding carboxylic acids is 1. The van der Waals surface area contributed by atoms with Crippen molar-refractivity contribution in [3.8, 4) is 0 Å². The molecule has 6 N–H and O–H groups in total. The van der Waals surface area contributed by atoms with Gasteiger partial charge in [-0.3, -0.25) is 20.5 Å². The molecule has 2 heterocycles. The summed E-state index contributed by atoms with van der Waals surface area (Å²) < 4.78 is 5.24. The van der Waals surface area contributed by atoms with Gasteiger partial charge < -0.3 is 15.8 Å². The highest BCUT2D eigenvalue weighted by Gasteiger charge is 2.25. The van der Waals surface area contributed by atoms with Crippen LogP contribution < -0.4 is 21.8 Å². The van der Waals surface area contributed by atoms with Gasteiger partial charge in [-0.15, -0.1) is 5.10 Å². The first kappa shape index (κ1) is 14.0. The molecular formula is C11H17N7O2. The third-order valence-corrected chi connectivity index (χ3v) is 2.94. The minimum atomic E-state index is -0.306. The molecule has 0 aromatic carbocycles. The normalized spacial score (nSPS) is 24.0. The van der Waals surface area contributed by atoms with Gasteiger partial charge in [0.2, 0.25) is 11.8 Å². The zero-order valence-corrected chi connectivity index (χ0v) is 10.9. The summed E-state index contributed by atoms with van der Waals surface area (Å²) in [5.41, 5.74) is 7.85. The Labute approximate surface area is 115 Å². The number of hydrogen-bond donors (Lipinski definition) is 5. The molecule has 20 heavy (non-hydrogen) atoms. The van der Waals surface area contributed by atoms with Crippen molar-refractivity contribution in [1.82, 2.24) is 16.1 Å². The van der Waals surface area contributed by atoms with E-state index in [4.69, 9.17) is 15.9 Å². The van der Waals surface area contributed by atoms with E-state index in [1.54, 1.807) is 0 Å². The number of amides is 1. The summed E-state index contributed by atoms with van der Waals surface area (Å²) in [5, 5.41) is 16.8. The van der Waals surface area contributed by atoms with E-state index < -0.39 is 0 Å². The van der Waals surface area contributed by atoms with E-state index in [0.717, 1.165) is 25.8 Å². The molecule has 0 saturated carbocycles. The van der Waals surface area contributed by atoms with Gasteiger partial charge >= 0.3 is 6.02 Å². The maximum atomic E-state index is 12.0. The van der Waals surface area contributed by atoms with Gasteiger partial charge in [0.25, 0.3) is 0 Å². The number of nitrogens with zero attached hydrogens (tertiary/aromatic N) is 2. The van der Waals surface area contributed by atoms with Crippen LogP contribution in [0.5, 0.6) is 0 Å². The Morgan fingerprint density at radius 1 is 1.60 bits per heavy atom. The van der Waals surface area contributed by atoms with Crippen LogP contribution in [-0.2, 0) is 9.53 Å². The molecule has 9 nitrogen and oxygen atoms in total. The summed E-state index contributed by atoms with van der Waals surface area (Å²) >= 11 is 0. The Morgan fingerprint density at radius 2 is 2.40 bits per heavy atom. The molecule has 1 saturated heterocycles. The molecule has 2 aliphatic rings. The van der Waals surface area contributed by atoms with Crippen LogP contribution in [0.25, 0.3) is 0 Å². The lowest BCUT2D eigenvalue weighted by Gasteiger charge is -2.21. The van der Waals surface area contributed by atoms with Crippen molar-refractivity contribution in [2.45, 2.75) is 25.3 Å². The molecular weight excluding hydrogens is 262 g/mol. The second-order valence-electron chi connectivity index (χ2n) is 4.37. The second-order valence-corrected chi connectivity index (χ2v) is 4.37. The Hall–Kier alpha value is -2.42. The van der Waals surface area contributed by atoms with Gasteiger partial charge in [-0.25, -0.2) is 5.43 Å². The molecule has 1 amide bonds. The summed E-state index contributed by atoms with van der Waals surface area (Å²) in [6.45, 7) is 4.11. The largest absolute Gasteiger partial charge is 0.403 e. The molecule has 0 aliphatic carbocycles. The topological polar surface area (TPSA) is 137 Å². The van der Waals surface area contributed by atoms with Crippen molar-refractivity contribution in [1.29, 1.82) is 5.41 Å². The fourth-order valence-corrected chi connectivity index (χ4v) is 1.95.